The van der Waals surface area contributed by atoms with Gasteiger partial charge in [0.2, 0.25) is 0 Å². The van der Waals surface area contributed by atoms with Gasteiger partial charge in [-0.25, -0.2) is 0 Å². The Labute approximate surface area is 311 Å². The molecule has 10 nitrogen and oxygen atoms in total. The third-order valence-corrected chi connectivity index (χ3v) is 11.2. The summed E-state index contributed by atoms with van der Waals surface area (Å²) in [5.74, 6) is 1.37. The number of nitrogens with zero attached hydrogens (tertiary/aromatic N) is 6. The Morgan fingerprint density at radius 3 is 1.75 bits per heavy atom. The molecule has 2 fully saturated rings. The molecule has 4 aliphatic rings. The number of methoxy groups -OCH3 is 1. The van der Waals surface area contributed by atoms with E-state index in [0.717, 1.165) is 82.6 Å². The average molecular weight is 738 g/mol. The molecule has 0 radical (unpaired) electrons. The van der Waals surface area contributed by atoms with Crippen LogP contribution in [0, 0.1) is 0 Å². The first-order valence-electron chi connectivity index (χ1n) is 18.4. The molecular formula is C39H50Cl2N6O4. The third-order valence-electron chi connectivity index (χ3n) is 10.8. The number of hydrogen-bond acceptors (Lipinski definition) is 8. The molecule has 2 aromatic carbocycles. The SMILES string of the molecule is CCCN1C[C@@H](Cn2cc(Cl)cn2)O[C@@H]2Cc3c(O)cccc3C[C@H]21.CCCN1C[C@@H](Cn2cc(Cl)cn2)O[C@@H]2Cc3c(cccc3OC)C[C@H]21. The highest BCUT2D eigenvalue weighted by atomic mass is 35.5. The van der Waals surface area contributed by atoms with Gasteiger partial charge in [-0.1, -0.05) is 61.3 Å². The number of hydrogen-bond donors (Lipinski definition) is 1. The summed E-state index contributed by atoms with van der Waals surface area (Å²) in [4.78, 5) is 5.16. The molecule has 2 aliphatic carbocycles. The number of ether oxygens (including phenoxy) is 3. The van der Waals surface area contributed by atoms with Crippen LogP contribution in [0.15, 0.2) is 61.2 Å². The van der Waals surface area contributed by atoms with Crippen molar-refractivity contribution in [1.82, 2.24) is 29.4 Å². The van der Waals surface area contributed by atoms with E-state index in [4.69, 9.17) is 37.4 Å². The summed E-state index contributed by atoms with van der Waals surface area (Å²) in [6, 6.07) is 13.0. The fraction of sp³-hybridized carbons (Fsp3) is 0.538. The van der Waals surface area contributed by atoms with Gasteiger partial charge in [-0.15, -0.1) is 0 Å². The molecule has 1 N–H and O–H groups in total. The summed E-state index contributed by atoms with van der Waals surface area (Å²) in [6.07, 6.45) is 13.4. The van der Waals surface area contributed by atoms with Gasteiger partial charge < -0.3 is 19.3 Å². The van der Waals surface area contributed by atoms with Gasteiger partial charge in [0.1, 0.15) is 11.5 Å². The molecule has 0 saturated carbocycles. The monoisotopic (exact) mass is 736 g/mol. The van der Waals surface area contributed by atoms with Crippen LogP contribution in [-0.4, -0.2) is 104 Å². The lowest BCUT2D eigenvalue weighted by atomic mass is 9.83. The largest absolute Gasteiger partial charge is 0.508 e. The molecule has 0 amide bonds. The highest BCUT2D eigenvalue weighted by molar-refractivity contribution is 6.30. The molecule has 4 aromatic rings. The summed E-state index contributed by atoms with van der Waals surface area (Å²) in [5, 5.41) is 20.1. The maximum Gasteiger partial charge on any atom is 0.122 e. The van der Waals surface area contributed by atoms with Gasteiger partial charge in [-0.05, 0) is 73.2 Å². The Hall–Kier alpha value is -3.12. The Kier molecular flexibility index (Phi) is 11.6. The van der Waals surface area contributed by atoms with Crippen LogP contribution >= 0.6 is 23.2 Å². The molecule has 6 atom stereocenters. The van der Waals surface area contributed by atoms with Gasteiger partial charge in [-0.2, -0.15) is 10.2 Å². The molecule has 51 heavy (non-hydrogen) atoms. The summed E-state index contributed by atoms with van der Waals surface area (Å²) in [6.45, 7) is 9.89. The molecule has 8 rings (SSSR count). The van der Waals surface area contributed by atoms with Crippen LogP contribution < -0.4 is 4.74 Å². The number of aromatic nitrogens is 4. The lowest BCUT2D eigenvalue weighted by Crippen LogP contribution is -2.58. The van der Waals surface area contributed by atoms with Crippen molar-refractivity contribution < 1.29 is 19.3 Å². The van der Waals surface area contributed by atoms with Crippen LogP contribution in [0.4, 0.5) is 0 Å². The maximum absolute atomic E-state index is 10.2. The summed E-state index contributed by atoms with van der Waals surface area (Å²) < 4.78 is 22.3. The van der Waals surface area contributed by atoms with E-state index in [1.165, 1.54) is 16.7 Å². The van der Waals surface area contributed by atoms with E-state index < -0.39 is 0 Å². The number of benzene rings is 2. The van der Waals surface area contributed by atoms with Crippen LogP contribution in [0.3, 0.4) is 0 Å². The second-order valence-corrected chi connectivity index (χ2v) is 15.2. The second-order valence-electron chi connectivity index (χ2n) is 14.3. The van der Waals surface area contributed by atoms with E-state index in [1.807, 2.05) is 27.8 Å². The molecule has 2 saturated heterocycles. The molecule has 2 aromatic heterocycles. The van der Waals surface area contributed by atoms with Crippen LogP contribution in [0.1, 0.15) is 48.9 Å². The summed E-state index contributed by atoms with van der Waals surface area (Å²) in [5.41, 5.74) is 4.99. The highest BCUT2D eigenvalue weighted by Gasteiger charge is 2.42. The van der Waals surface area contributed by atoms with Gasteiger partial charge in [0, 0.05) is 50.4 Å². The predicted octanol–water partition coefficient (Wildman–Crippen LogP) is 6.08. The minimum Gasteiger partial charge on any atom is -0.508 e. The van der Waals surface area contributed by atoms with E-state index in [2.05, 4.69) is 58.1 Å². The van der Waals surface area contributed by atoms with Gasteiger partial charge in [0.25, 0.3) is 0 Å². The standard InChI is InChI=1S/C20H26ClN3O2.C19H24ClN3O2/c1-3-7-23-12-16(13-24-11-15(21)10-22-24)26-20-9-17-14(8-18(20)23)5-4-6-19(17)25-2;1-2-6-22-11-15(12-23-10-14(20)9-21-23)25-19-8-16-13(7-17(19)22)4-3-5-18(16)24/h4-6,10-11,16,18,20H,3,7-9,12-13H2,1-2H3;3-5,9-10,15,17,19,24H,2,6-8,11-12H2,1H3/t16-,18+,20+;15-,17+,19+/m00/s1. The van der Waals surface area contributed by atoms with Crippen LogP contribution in [-0.2, 0) is 48.2 Å². The Balaban J connectivity index is 0.000000159. The fourth-order valence-corrected chi connectivity index (χ4v) is 8.94. The number of phenols is 1. The van der Waals surface area contributed by atoms with E-state index in [1.54, 1.807) is 25.6 Å². The van der Waals surface area contributed by atoms with Crippen molar-refractivity contribution >= 4 is 23.2 Å². The van der Waals surface area contributed by atoms with Crippen molar-refractivity contribution in [1.29, 1.82) is 0 Å². The number of fused-ring (bicyclic) bond motifs is 4. The first kappa shape index (κ1) is 36.2. The fourth-order valence-electron chi connectivity index (χ4n) is 8.63. The average Bonchev–Trinajstić information content (AvgIpc) is 3.73. The van der Waals surface area contributed by atoms with Gasteiger partial charge in [-0.3, -0.25) is 19.2 Å². The van der Waals surface area contributed by atoms with Crippen LogP contribution in [0.25, 0.3) is 0 Å². The Morgan fingerprint density at radius 1 is 0.745 bits per heavy atom. The van der Waals surface area contributed by atoms with Crippen molar-refractivity contribution in [3.8, 4) is 11.5 Å². The Morgan fingerprint density at radius 2 is 1.25 bits per heavy atom. The van der Waals surface area contributed by atoms with Crippen LogP contribution in [0.5, 0.6) is 11.5 Å². The number of morpholine rings is 2. The number of halogens is 2. The number of phenolic OH excluding ortho intramolecular Hbond substituents is 1. The first-order chi connectivity index (χ1) is 24.8. The van der Waals surface area contributed by atoms with Crippen molar-refractivity contribution in [2.45, 2.75) is 102 Å². The topological polar surface area (TPSA) is 90.0 Å². The molecule has 2 aliphatic heterocycles. The van der Waals surface area contributed by atoms with Gasteiger partial charge >= 0.3 is 0 Å². The number of rotatable bonds is 9. The second kappa shape index (κ2) is 16.3. The van der Waals surface area contributed by atoms with Gasteiger partial charge in [0.15, 0.2) is 0 Å². The summed E-state index contributed by atoms with van der Waals surface area (Å²) in [7, 11) is 1.75. The third kappa shape index (κ3) is 8.27. The molecule has 0 spiro atoms. The van der Waals surface area contributed by atoms with Crippen molar-refractivity contribution in [2.24, 2.45) is 0 Å². The zero-order chi connectivity index (χ0) is 35.5. The van der Waals surface area contributed by atoms with Gasteiger partial charge in [0.05, 0.1) is 67.1 Å². The lowest BCUT2D eigenvalue weighted by molar-refractivity contribution is -0.128. The quantitative estimate of drug-likeness (QED) is 0.221. The van der Waals surface area contributed by atoms with Crippen molar-refractivity contribution in [3.05, 3.63) is 93.5 Å². The predicted molar refractivity (Wildman–Crippen MR) is 199 cm³/mol. The van der Waals surface area contributed by atoms with Crippen LogP contribution in [0.2, 0.25) is 10.0 Å². The molecule has 274 valence electrons. The van der Waals surface area contributed by atoms with Crippen molar-refractivity contribution in [3.63, 3.8) is 0 Å². The lowest BCUT2D eigenvalue weighted by Gasteiger charge is -2.47. The van der Waals surface area contributed by atoms with E-state index in [9.17, 15) is 5.11 Å². The smallest absolute Gasteiger partial charge is 0.122 e. The van der Waals surface area contributed by atoms with E-state index in [0.29, 0.717) is 34.4 Å². The first-order valence-corrected chi connectivity index (χ1v) is 19.2. The van der Waals surface area contributed by atoms with E-state index >= 15 is 0 Å². The minimum absolute atomic E-state index is 0.0798. The molecule has 12 heteroatoms. The molecule has 0 bridgehead atoms. The molecule has 0 unspecified atom stereocenters. The number of aromatic hydroxyl groups is 1. The Bertz CT molecular complexity index is 1760. The highest BCUT2D eigenvalue weighted by Crippen LogP contribution is 2.37. The summed E-state index contributed by atoms with van der Waals surface area (Å²) >= 11 is 12.0. The zero-order valence-corrected chi connectivity index (χ0v) is 31.3. The van der Waals surface area contributed by atoms with Crippen molar-refractivity contribution in [2.75, 3.05) is 33.3 Å². The minimum atomic E-state index is 0.0798. The van der Waals surface area contributed by atoms with E-state index in [-0.39, 0.29) is 24.4 Å². The maximum atomic E-state index is 10.2. The normalized spacial score (nSPS) is 25.9. The zero-order valence-electron chi connectivity index (χ0n) is 29.8. The molecule has 4 heterocycles. The molecular weight excluding hydrogens is 687 g/mol.